The van der Waals surface area contributed by atoms with Gasteiger partial charge in [0.1, 0.15) is 5.15 Å². The smallest absolute Gasteiger partial charge is 0.129 e. The van der Waals surface area contributed by atoms with Gasteiger partial charge in [0.2, 0.25) is 0 Å². The second-order valence-electron chi connectivity index (χ2n) is 3.94. The lowest BCUT2D eigenvalue weighted by Gasteiger charge is -2.23. The van der Waals surface area contributed by atoms with Gasteiger partial charge in [-0.1, -0.05) is 11.6 Å². The van der Waals surface area contributed by atoms with Gasteiger partial charge in [0.25, 0.3) is 0 Å². The zero-order valence-electron chi connectivity index (χ0n) is 8.67. The number of hydrogen-bond donors (Lipinski definition) is 2. The Bertz CT molecular complexity index is 293. The van der Waals surface area contributed by atoms with Gasteiger partial charge < -0.3 is 10.6 Å². The minimum absolute atomic E-state index is 0.544. The quantitative estimate of drug-likeness (QED) is 0.775. The number of nitrogens with one attached hydrogen (secondary N) is 2. The first kappa shape index (κ1) is 10.7. The Morgan fingerprint density at radius 3 is 2.87 bits per heavy atom. The van der Waals surface area contributed by atoms with Gasteiger partial charge in [-0.25, -0.2) is 4.98 Å². The number of hydrogen-bond acceptors (Lipinski definition) is 3. The molecule has 0 spiro atoms. The van der Waals surface area contributed by atoms with E-state index in [2.05, 4.69) is 15.6 Å². The highest BCUT2D eigenvalue weighted by Crippen LogP contribution is 2.14. The molecule has 1 aromatic heterocycles. The second-order valence-corrected chi connectivity index (χ2v) is 4.33. The summed E-state index contributed by atoms with van der Waals surface area (Å²) in [7, 11) is 0. The zero-order valence-corrected chi connectivity index (χ0v) is 9.43. The average molecular weight is 226 g/mol. The van der Waals surface area contributed by atoms with Crippen molar-refractivity contribution in [3.8, 4) is 0 Å². The molecule has 15 heavy (non-hydrogen) atoms. The molecule has 0 saturated carbocycles. The van der Waals surface area contributed by atoms with Gasteiger partial charge in [0.05, 0.1) is 11.9 Å². The fourth-order valence-electron chi connectivity index (χ4n) is 1.83. The Labute approximate surface area is 95.2 Å². The minimum Gasteiger partial charge on any atom is -0.384 e. The van der Waals surface area contributed by atoms with E-state index in [1.165, 1.54) is 12.8 Å². The fraction of sp³-hybridized carbons (Fsp3) is 0.545. The number of anilines is 1. The first-order valence-electron chi connectivity index (χ1n) is 5.41. The van der Waals surface area contributed by atoms with Crippen molar-refractivity contribution in [1.29, 1.82) is 0 Å². The third-order valence-corrected chi connectivity index (χ3v) is 3.00. The summed E-state index contributed by atoms with van der Waals surface area (Å²) in [5.74, 6) is 0.780. The van der Waals surface area contributed by atoms with E-state index in [1.807, 2.05) is 12.1 Å². The van der Waals surface area contributed by atoms with Gasteiger partial charge >= 0.3 is 0 Å². The van der Waals surface area contributed by atoms with Crippen LogP contribution in [0.2, 0.25) is 5.15 Å². The van der Waals surface area contributed by atoms with Crippen LogP contribution in [0.3, 0.4) is 0 Å². The van der Waals surface area contributed by atoms with Crippen molar-refractivity contribution in [2.24, 2.45) is 5.92 Å². The monoisotopic (exact) mass is 225 g/mol. The molecule has 82 valence electrons. The van der Waals surface area contributed by atoms with E-state index in [1.54, 1.807) is 6.20 Å². The minimum atomic E-state index is 0.544. The number of nitrogens with zero attached hydrogens (tertiary/aromatic N) is 1. The molecule has 0 unspecified atom stereocenters. The summed E-state index contributed by atoms with van der Waals surface area (Å²) < 4.78 is 0. The van der Waals surface area contributed by atoms with Crippen LogP contribution in [0.15, 0.2) is 18.3 Å². The van der Waals surface area contributed by atoms with E-state index in [4.69, 9.17) is 11.6 Å². The maximum Gasteiger partial charge on any atom is 0.129 e. The summed E-state index contributed by atoms with van der Waals surface area (Å²) in [4.78, 5) is 4.03. The average Bonchev–Trinajstić information content (AvgIpc) is 2.30. The van der Waals surface area contributed by atoms with Crippen molar-refractivity contribution in [1.82, 2.24) is 10.3 Å². The van der Waals surface area contributed by atoms with E-state index >= 15 is 0 Å². The molecule has 0 bridgehead atoms. The first-order chi connectivity index (χ1) is 7.34. The van der Waals surface area contributed by atoms with Crippen LogP contribution in [0.1, 0.15) is 12.8 Å². The predicted octanol–water partition coefficient (Wildman–Crippen LogP) is 2.15. The fourth-order valence-corrected chi connectivity index (χ4v) is 1.94. The van der Waals surface area contributed by atoms with Crippen molar-refractivity contribution < 1.29 is 0 Å². The summed E-state index contributed by atoms with van der Waals surface area (Å²) in [6, 6.07) is 3.78. The lowest BCUT2D eigenvalue weighted by molar-refractivity contribution is 0.390. The Morgan fingerprint density at radius 1 is 1.40 bits per heavy atom. The van der Waals surface area contributed by atoms with E-state index in [0.29, 0.717) is 5.15 Å². The van der Waals surface area contributed by atoms with Gasteiger partial charge in [-0.05, 0) is 44.0 Å². The molecule has 1 aliphatic heterocycles. The normalized spacial score (nSPS) is 17.7. The standard InChI is InChI=1S/C11H16ClN3/c12-11-2-1-10(8-15-11)14-7-9-3-5-13-6-4-9/h1-2,8-9,13-14H,3-7H2. The highest BCUT2D eigenvalue weighted by atomic mass is 35.5. The topological polar surface area (TPSA) is 37.0 Å². The van der Waals surface area contributed by atoms with E-state index in [0.717, 1.165) is 31.2 Å². The summed E-state index contributed by atoms with van der Waals surface area (Å²) in [6.07, 6.45) is 4.30. The molecule has 1 aliphatic rings. The zero-order chi connectivity index (χ0) is 10.5. The van der Waals surface area contributed by atoms with Crippen molar-refractivity contribution in [3.63, 3.8) is 0 Å². The molecule has 0 aromatic carbocycles. The molecule has 0 atom stereocenters. The number of rotatable bonds is 3. The van der Waals surface area contributed by atoms with Crippen LogP contribution < -0.4 is 10.6 Å². The van der Waals surface area contributed by atoms with Gasteiger partial charge in [0.15, 0.2) is 0 Å². The second kappa shape index (κ2) is 5.33. The van der Waals surface area contributed by atoms with E-state index in [9.17, 15) is 0 Å². The maximum absolute atomic E-state index is 5.71. The summed E-state index contributed by atoms with van der Waals surface area (Å²) in [5.41, 5.74) is 1.05. The van der Waals surface area contributed by atoms with Crippen LogP contribution >= 0.6 is 11.6 Å². The lowest BCUT2D eigenvalue weighted by atomic mass is 9.98. The van der Waals surface area contributed by atoms with Crippen molar-refractivity contribution >= 4 is 17.3 Å². The van der Waals surface area contributed by atoms with E-state index < -0.39 is 0 Å². The Hall–Kier alpha value is -0.800. The molecule has 2 rings (SSSR count). The van der Waals surface area contributed by atoms with Crippen LogP contribution in [0.4, 0.5) is 5.69 Å². The summed E-state index contributed by atoms with van der Waals surface area (Å²) >= 11 is 5.71. The Balaban J connectivity index is 1.79. The molecule has 0 amide bonds. The van der Waals surface area contributed by atoms with Crippen molar-refractivity contribution in [2.45, 2.75) is 12.8 Å². The molecule has 1 fully saturated rings. The molecule has 4 heteroatoms. The van der Waals surface area contributed by atoms with Crippen LogP contribution in [-0.4, -0.2) is 24.6 Å². The highest BCUT2D eigenvalue weighted by molar-refractivity contribution is 6.29. The van der Waals surface area contributed by atoms with Crippen LogP contribution in [0.25, 0.3) is 0 Å². The van der Waals surface area contributed by atoms with Gasteiger partial charge in [-0.2, -0.15) is 0 Å². The number of aromatic nitrogens is 1. The summed E-state index contributed by atoms with van der Waals surface area (Å²) in [5, 5.41) is 7.30. The molecule has 0 aliphatic carbocycles. The maximum atomic E-state index is 5.71. The third-order valence-electron chi connectivity index (χ3n) is 2.78. The Kier molecular flexibility index (Phi) is 3.80. The molecule has 1 saturated heterocycles. The molecular weight excluding hydrogens is 210 g/mol. The molecule has 2 heterocycles. The number of halogens is 1. The summed E-state index contributed by atoms with van der Waals surface area (Å²) in [6.45, 7) is 3.32. The van der Waals surface area contributed by atoms with Crippen LogP contribution in [0, 0.1) is 5.92 Å². The number of pyridine rings is 1. The van der Waals surface area contributed by atoms with Gasteiger partial charge in [-0.15, -0.1) is 0 Å². The molecule has 0 radical (unpaired) electrons. The van der Waals surface area contributed by atoms with Crippen molar-refractivity contribution in [3.05, 3.63) is 23.5 Å². The van der Waals surface area contributed by atoms with Crippen molar-refractivity contribution in [2.75, 3.05) is 25.0 Å². The van der Waals surface area contributed by atoms with Gasteiger partial charge in [0, 0.05) is 6.54 Å². The highest BCUT2D eigenvalue weighted by Gasteiger charge is 2.12. The molecule has 2 N–H and O–H groups in total. The van der Waals surface area contributed by atoms with Crippen LogP contribution in [0.5, 0.6) is 0 Å². The SMILES string of the molecule is Clc1ccc(NCC2CCNCC2)cn1. The lowest BCUT2D eigenvalue weighted by Crippen LogP contribution is -2.31. The largest absolute Gasteiger partial charge is 0.384 e. The first-order valence-corrected chi connectivity index (χ1v) is 5.78. The Morgan fingerprint density at radius 2 is 2.20 bits per heavy atom. The molecule has 3 nitrogen and oxygen atoms in total. The van der Waals surface area contributed by atoms with Crippen LogP contribution in [-0.2, 0) is 0 Å². The molecule has 1 aromatic rings. The van der Waals surface area contributed by atoms with E-state index in [-0.39, 0.29) is 0 Å². The molecular formula is C11H16ClN3. The van der Waals surface area contributed by atoms with Gasteiger partial charge in [-0.3, -0.25) is 0 Å². The number of piperidine rings is 1. The third kappa shape index (κ3) is 3.36. The predicted molar refractivity (Wildman–Crippen MR) is 63.3 cm³/mol.